The van der Waals surface area contributed by atoms with Gasteiger partial charge in [0.1, 0.15) is 5.76 Å². The molecule has 24 heavy (non-hydrogen) atoms. The molecule has 0 spiro atoms. The summed E-state index contributed by atoms with van der Waals surface area (Å²) in [7, 11) is 0. The minimum atomic E-state index is -0.789. The van der Waals surface area contributed by atoms with Crippen LogP contribution in [-0.4, -0.2) is 22.1 Å². The summed E-state index contributed by atoms with van der Waals surface area (Å²) in [5, 5.41) is 15.2. The number of aromatic nitrogens is 1. The number of carboxylic acid groups (broad SMARTS) is 1. The van der Waals surface area contributed by atoms with E-state index >= 15 is 0 Å². The number of benzene rings is 1. The zero-order chi connectivity index (χ0) is 17.5. The van der Waals surface area contributed by atoms with Gasteiger partial charge in [-0.3, -0.25) is 9.59 Å². The number of amides is 1. The molecule has 0 radical (unpaired) electrons. The van der Waals surface area contributed by atoms with Crippen molar-refractivity contribution in [3.63, 3.8) is 0 Å². The second-order valence-corrected chi connectivity index (χ2v) is 5.82. The molecule has 0 fully saturated rings. The maximum absolute atomic E-state index is 12.2. The van der Waals surface area contributed by atoms with Crippen LogP contribution in [0.4, 0.5) is 5.69 Å². The highest BCUT2D eigenvalue weighted by molar-refractivity contribution is 6.02. The third kappa shape index (κ3) is 4.94. The van der Waals surface area contributed by atoms with E-state index in [0.29, 0.717) is 24.3 Å². The largest absolute Gasteiger partial charge is 0.481 e. The van der Waals surface area contributed by atoms with E-state index < -0.39 is 5.97 Å². The molecule has 1 aromatic heterocycles. The van der Waals surface area contributed by atoms with Crippen molar-refractivity contribution in [2.75, 3.05) is 5.32 Å². The molecule has 6 heteroatoms. The predicted molar refractivity (Wildman–Crippen MR) is 90.2 cm³/mol. The molecule has 2 aromatic rings. The number of rotatable bonds is 8. The Labute approximate surface area is 140 Å². The van der Waals surface area contributed by atoms with Gasteiger partial charge >= 0.3 is 5.97 Å². The molecule has 1 amide bonds. The number of carbonyl (C=O) groups excluding carboxylic acids is 1. The third-order valence-electron chi connectivity index (χ3n) is 3.93. The van der Waals surface area contributed by atoms with Gasteiger partial charge in [0, 0.05) is 24.1 Å². The molecular formula is C18H22N2O4. The summed E-state index contributed by atoms with van der Waals surface area (Å²) < 4.78 is 5.20. The van der Waals surface area contributed by atoms with E-state index in [9.17, 15) is 9.59 Å². The van der Waals surface area contributed by atoms with Crippen molar-refractivity contribution in [3.05, 3.63) is 47.3 Å². The Hall–Kier alpha value is -2.63. The number of aryl methyl sites for hydroxylation is 1. The summed E-state index contributed by atoms with van der Waals surface area (Å²) >= 11 is 0. The molecule has 2 N–H and O–H groups in total. The third-order valence-corrected chi connectivity index (χ3v) is 3.93. The molecule has 128 valence electrons. The van der Waals surface area contributed by atoms with Crippen LogP contribution >= 0.6 is 0 Å². The monoisotopic (exact) mass is 330 g/mol. The van der Waals surface area contributed by atoms with Crippen molar-refractivity contribution in [2.24, 2.45) is 0 Å². The van der Waals surface area contributed by atoms with Gasteiger partial charge in [-0.05, 0) is 37.0 Å². The second-order valence-electron chi connectivity index (χ2n) is 5.82. The number of hydrogen-bond donors (Lipinski definition) is 2. The Kier molecular flexibility index (Phi) is 6.12. The SMILES string of the molecule is CCC(C)c1cc(C(=O)Nc2ccc(CCCC(=O)O)cc2)no1. The van der Waals surface area contributed by atoms with Crippen molar-refractivity contribution in [3.8, 4) is 0 Å². The van der Waals surface area contributed by atoms with E-state index in [1.165, 1.54) is 0 Å². The van der Waals surface area contributed by atoms with Crippen LogP contribution in [0.25, 0.3) is 0 Å². The van der Waals surface area contributed by atoms with E-state index in [2.05, 4.69) is 10.5 Å². The predicted octanol–water partition coefficient (Wildman–Crippen LogP) is 3.85. The van der Waals surface area contributed by atoms with Gasteiger partial charge in [-0.1, -0.05) is 31.1 Å². The number of carboxylic acids is 1. The quantitative estimate of drug-likeness (QED) is 0.767. The van der Waals surface area contributed by atoms with Crippen LogP contribution < -0.4 is 5.32 Å². The minimum absolute atomic E-state index is 0.156. The molecule has 2 rings (SSSR count). The molecule has 0 aliphatic rings. The summed E-state index contributed by atoms with van der Waals surface area (Å²) in [5.41, 5.74) is 1.96. The Balaban J connectivity index is 1.92. The molecule has 0 saturated carbocycles. The van der Waals surface area contributed by atoms with Crippen molar-refractivity contribution in [2.45, 2.75) is 45.4 Å². The molecule has 0 aliphatic carbocycles. The lowest BCUT2D eigenvalue weighted by molar-refractivity contribution is -0.137. The van der Waals surface area contributed by atoms with Gasteiger partial charge in [-0.2, -0.15) is 0 Å². The van der Waals surface area contributed by atoms with Crippen molar-refractivity contribution >= 4 is 17.6 Å². The number of anilines is 1. The van der Waals surface area contributed by atoms with Crippen molar-refractivity contribution in [1.29, 1.82) is 0 Å². The maximum Gasteiger partial charge on any atom is 0.303 e. The zero-order valence-electron chi connectivity index (χ0n) is 13.9. The first-order valence-electron chi connectivity index (χ1n) is 8.08. The second kappa shape index (κ2) is 8.29. The minimum Gasteiger partial charge on any atom is -0.481 e. The van der Waals surface area contributed by atoms with Gasteiger partial charge in [0.15, 0.2) is 5.69 Å². The van der Waals surface area contributed by atoms with Gasteiger partial charge < -0.3 is 14.9 Å². The Morgan fingerprint density at radius 3 is 2.62 bits per heavy atom. The number of carbonyl (C=O) groups is 2. The van der Waals surface area contributed by atoms with Gasteiger partial charge in [0.05, 0.1) is 0 Å². The van der Waals surface area contributed by atoms with E-state index in [1.807, 2.05) is 26.0 Å². The first-order valence-corrected chi connectivity index (χ1v) is 8.08. The van der Waals surface area contributed by atoms with Crippen LogP contribution in [-0.2, 0) is 11.2 Å². The lowest BCUT2D eigenvalue weighted by Crippen LogP contribution is -2.12. The number of nitrogens with zero attached hydrogens (tertiary/aromatic N) is 1. The molecule has 6 nitrogen and oxygen atoms in total. The van der Waals surface area contributed by atoms with Crippen molar-refractivity contribution < 1.29 is 19.2 Å². The van der Waals surface area contributed by atoms with Crippen LogP contribution in [0.1, 0.15) is 60.8 Å². The fourth-order valence-corrected chi connectivity index (χ4v) is 2.22. The normalized spacial score (nSPS) is 11.9. The summed E-state index contributed by atoms with van der Waals surface area (Å²) in [6, 6.07) is 9.02. The van der Waals surface area contributed by atoms with Crippen LogP contribution in [0.2, 0.25) is 0 Å². The highest BCUT2D eigenvalue weighted by atomic mass is 16.5. The first kappa shape index (κ1) is 17.7. The lowest BCUT2D eigenvalue weighted by Gasteiger charge is -2.05. The standard InChI is InChI=1S/C18H22N2O4/c1-3-12(2)16-11-15(20-24-16)18(23)19-14-9-7-13(8-10-14)5-4-6-17(21)22/h7-12H,3-6H2,1-2H3,(H,19,23)(H,21,22). The van der Waals surface area contributed by atoms with Crippen LogP contribution in [0.3, 0.4) is 0 Å². The number of aliphatic carboxylic acids is 1. The lowest BCUT2D eigenvalue weighted by atomic mass is 10.1. The number of nitrogens with one attached hydrogen (secondary N) is 1. The molecule has 1 unspecified atom stereocenters. The summed E-state index contributed by atoms with van der Waals surface area (Å²) in [4.78, 5) is 22.7. The highest BCUT2D eigenvalue weighted by Gasteiger charge is 2.15. The van der Waals surface area contributed by atoms with E-state index in [-0.39, 0.29) is 23.9 Å². The molecular weight excluding hydrogens is 308 g/mol. The van der Waals surface area contributed by atoms with Gasteiger partial charge in [-0.25, -0.2) is 0 Å². The van der Waals surface area contributed by atoms with Crippen molar-refractivity contribution in [1.82, 2.24) is 5.16 Å². The molecule has 1 aromatic carbocycles. The van der Waals surface area contributed by atoms with E-state index in [1.54, 1.807) is 18.2 Å². The van der Waals surface area contributed by atoms with Gasteiger partial charge in [-0.15, -0.1) is 0 Å². The Morgan fingerprint density at radius 2 is 2.00 bits per heavy atom. The maximum atomic E-state index is 12.2. The van der Waals surface area contributed by atoms with Crippen LogP contribution in [0, 0.1) is 0 Å². The van der Waals surface area contributed by atoms with Gasteiger partial charge in [0.25, 0.3) is 5.91 Å². The topological polar surface area (TPSA) is 92.4 Å². The summed E-state index contributed by atoms with van der Waals surface area (Å²) in [6.07, 6.45) is 2.36. The smallest absolute Gasteiger partial charge is 0.303 e. The molecule has 0 bridgehead atoms. The average Bonchev–Trinajstić information content (AvgIpc) is 3.05. The molecule has 0 saturated heterocycles. The average molecular weight is 330 g/mol. The van der Waals surface area contributed by atoms with Crippen LogP contribution in [0.5, 0.6) is 0 Å². The van der Waals surface area contributed by atoms with E-state index in [4.69, 9.17) is 9.63 Å². The highest BCUT2D eigenvalue weighted by Crippen LogP contribution is 2.20. The fourth-order valence-electron chi connectivity index (χ4n) is 2.22. The zero-order valence-corrected chi connectivity index (χ0v) is 13.9. The first-order chi connectivity index (χ1) is 11.5. The fraction of sp³-hybridized carbons (Fsp3) is 0.389. The van der Waals surface area contributed by atoms with E-state index in [0.717, 1.165) is 12.0 Å². The number of hydrogen-bond acceptors (Lipinski definition) is 4. The Morgan fingerprint density at radius 1 is 1.29 bits per heavy atom. The molecule has 1 atom stereocenters. The summed E-state index contributed by atoms with van der Waals surface area (Å²) in [5.74, 6) is -0.171. The van der Waals surface area contributed by atoms with Gasteiger partial charge in [0.2, 0.25) is 0 Å². The molecule has 1 heterocycles. The summed E-state index contributed by atoms with van der Waals surface area (Å²) in [6.45, 7) is 4.07. The van der Waals surface area contributed by atoms with Crippen LogP contribution in [0.15, 0.2) is 34.9 Å². The Bertz CT molecular complexity index is 691. The molecule has 0 aliphatic heterocycles.